The molecule has 0 fully saturated rings. The van der Waals surface area contributed by atoms with E-state index < -0.39 is 0 Å². The summed E-state index contributed by atoms with van der Waals surface area (Å²) < 4.78 is 0. The third kappa shape index (κ3) is 17.0. The van der Waals surface area contributed by atoms with E-state index in [-0.39, 0.29) is 35.7 Å². The zero-order chi connectivity index (χ0) is 12.8. The molecule has 1 N–H and O–H groups in total. The maximum Gasteiger partial charge on any atom is 0.0540 e. The predicted molar refractivity (Wildman–Crippen MR) is 83.1 cm³/mol. The van der Waals surface area contributed by atoms with Crippen molar-refractivity contribution in [3.63, 3.8) is 0 Å². The normalized spacial score (nSPS) is 12.2. The molecule has 0 bridgehead atoms. The summed E-state index contributed by atoms with van der Waals surface area (Å²) in [7, 11) is 0. The minimum absolute atomic E-state index is 0. The molecule has 1 unspecified atom stereocenters. The van der Waals surface area contributed by atoms with Gasteiger partial charge in [-0.15, -0.1) is 0 Å². The molecule has 1 nitrogen and oxygen atoms in total. The van der Waals surface area contributed by atoms with Crippen molar-refractivity contribution in [3.8, 4) is 0 Å². The van der Waals surface area contributed by atoms with E-state index in [9.17, 15) is 5.11 Å². The summed E-state index contributed by atoms with van der Waals surface area (Å²) in [6.45, 7) is 4.49. The minimum Gasteiger partial charge on any atom is -0.393 e. The number of aliphatic hydroxyl groups is 1. The summed E-state index contributed by atoms with van der Waals surface area (Å²) in [5, 5.41) is 9.79. The minimum atomic E-state index is -0.0255. The van der Waals surface area contributed by atoms with E-state index in [4.69, 9.17) is 0 Å². The standard InChI is InChI=1S/C16H34O.Na/c1-3-5-7-9-10-11-13-15-16(17)14-12-8-6-4-2;/h16-17H,3-15H2,1-2H3;. The van der Waals surface area contributed by atoms with Gasteiger partial charge in [-0.3, -0.25) is 0 Å². The Kier molecular flexibility index (Phi) is 21.2. The Hall–Kier alpha value is 0.960. The molecule has 0 amide bonds. The molecule has 18 heavy (non-hydrogen) atoms. The second-order valence-electron chi connectivity index (χ2n) is 5.41. The van der Waals surface area contributed by atoms with Gasteiger partial charge < -0.3 is 5.11 Å². The van der Waals surface area contributed by atoms with Crippen molar-refractivity contribution >= 4 is 29.6 Å². The topological polar surface area (TPSA) is 20.2 Å². The van der Waals surface area contributed by atoms with E-state index in [1.807, 2.05) is 0 Å². The first-order valence-electron chi connectivity index (χ1n) is 7.99. The van der Waals surface area contributed by atoms with Crippen LogP contribution in [0.15, 0.2) is 0 Å². The fraction of sp³-hybridized carbons (Fsp3) is 1.00. The zero-order valence-electron chi connectivity index (χ0n) is 13.2. The molecule has 0 spiro atoms. The Morgan fingerprint density at radius 3 is 1.39 bits per heavy atom. The number of hydrogen-bond acceptors (Lipinski definition) is 1. The molecule has 1 radical (unpaired) electrons. The van der Waals surface area contributed by atoms with Crippen LogP contribution in [0.1, 0.15) is 97.3 Å². The fourth-order valence-corrected chi connectivity index (χ4v) is 2.29. The van der Waals surface area contributed by atoms with Crippen molar-refractivity contribution in [1.29, 1.82) is 0 Å². The van der Waals surface area contributed by atoms with Gasteiger partial charge in [-0.25, -0.2) is 0 Å². The molecule has 0 aromatic rings. The van der Waals surface area contributed by atoms with Gasteiger partial charge in [0.15, 0.2) is 0 Å². The van der Waals surface area contributed by atoms with Gasteiger partial charge in [0.05, 0.1) is 6.10 Å². The second kappa shape index (κ2) is 18.0. The number of unbranched alkanes of at least 4 members (excludes halogenated alkanes) is 9. The molecule has 105 valence electrons. The van der Waals surface area contributed by atoms with Crippen LogP contribution in [0.4, 0.5) is 0 Å². The van der Waals surface area contributed by atoms with E-state index in [0.717, 1.165) is 12.8 Å². The molecule has 0 heterocycles. The summed E-state index contributed by atoms with van der Waals surface area (Å²) in [6.07, 6.45) is 16.6. The molecule has 0 saturated heterocycles. The van der Waals surface area contributed by atoms with Crippen LogP contribution in [-0.2, 0) is 0 Å². The van der Waals surface area contributed by atoms with Crippen molar-refractivity contribution in [1.82, 2.24) is 0 Å². The molecular weight excluding hydrogens is 231 g/mol. The van der Waals surface area contributed by atoms with Gasteiger partial charge in [-0.05, 0) is 12.8 Å². The van der Waals surface area contributed by atoms with E-state index >= 15 is 0 Å². The molecule has 0 aliphatic carbocycles. The quantitative estimate of drug-likeness (QED) is 0.364. The van der Waals surface area contributed by atoms with Gasteiger partial charge in [0.25, 0.3) is 0 Å². The van der Waals surface area contributed by atoms with Crippen LogP contribution in [-0.4, -0.2) is 40.8 Å². The molecule has 0 aromatic heterocycles. The van der Waals surface area contributed by atoms with Gasteiger partial charge in [0, 0.05) is 29.6 Å². The van der Waals surface area contributed by atoms with Gasteiger partial charge in [0.1, 0.15) is 0 Å². The zero-order valence-corrected chi connectivity index (χ0v) is 15.2. The average molecular weight is 265 g/mol. The van der Waals surface area contributed by atoms with Crippen LogP contribution in [0, 0.1) is 0 Å². The first-order valence-corrected chi connectivity index (χ1v) is 7.99. The van der Waals surface area contributed by atoms with Crippen LogP contribution < -0.4 is 0 Å². The molecule has 0 saturated carbocycles. The van der Waals surface area contributed by atoms with Crippen LogP contribution in [0.3, 0.4) is 0 Å². The molecule has 2 heteroatoms. The van der Waals surface area contributed by atoms with Crippen LogP contribution in [0.25, 0.3) is 0 Å². The summed E-state index contributed by atoms with van der Waals surface area (Å²) in [5.41, 5.74) is 0. The van der Waals surface area contributed by atoms with Crippen LogP contribution in [0.2, 0.25) is 0 Å². The Morgan fingerprint density at radius 1 is 0.611 bits per heavy atom. The molecule has 0 rings (SSSR count). The fourth-order valence-electron chi connectivity index (χ4n) is 2.29. The van der Waals surface area contributed by atoms with Crippen molar-refractivity contribution < 1.29 is 5.11 Å². The van der Waals surface area contributed by atoms with Gasteiger partial charge >= 0.3 is 0 Å². The van der Waals surface area contributed by atoms with E-state index in [1.165, 1.54) is 70.6 Å². The number of rotatable bonds is 13. The van der Waals surface area contributed by atoms with Gasteiger partial charge in [-0.1, -0.05) is 84.5 Å². The summed E-state index contributed by atoms with van der Waals surface area (Å²) in [6, 6.07) is 0. The maximum atomic E-state index is 9.79. The number of aliphatic hydroxyl groups excluding tert-OH is 1. The predicted octanol–water partition coefficient (Wildman–Crippen LogP) is 5.08. The third-order valence-corrected chi connectivity index (χ3v) is 3.53. The van der Waals surface area contributed by atoms with E-state index in [2.05, 4.69) is 13.8 Å². The van der Waals surface area contributed by atoms with Crippen molar-refractivity contribution in [2.24, 2.45) is 0 Å². The average Bonchev–Trinajstić information content (AvgIpc) is 2.33. The maximum absolute atomic E-state index is 9.79. The van der Waals surface area contributed by atoms with Gasteiger partial charge in [-0.2, -0.15) is 0 Å². The molecule has 1 atom stereocenters. The monoisotopic (exact) mass is 265 g/mol. The van der Waals surface area contributed by atoms with E-state index in [0.29, 0.717) is 0 Å². The Bertz CT molecular complexity index is 139. The number of hydrogen-bond donors (Lipinski definition) is 1. The Morgan fingerprint density at radius 2 is 0.944 bits per heavy atom. The van der Waals surface area contributed by atoms with E-state index in [1.54, 1.807) is 0 Å². The van der Waals surface area contributed by atoms with Gasteiger partial charge in [0.2, 0.25) is 0 Å². The van der Waals surface area contributed by atoms with Crippen molar-refractivity contribution in [3.05, 3.63) is 0 Å². The van der Waals surface area contributed by atoms with Crippen molar-refractivity contribution in [2.75, 3.05) is 0 Å². The third-order valence-electron chi connectivity index (χ3n) is 3.53. The summed E-state index contributed by atoms with van der Waals surface area (Å²) in [4.78, 5) is 0. The van der Waals surface area contributed by atoms with Crippen molar-refractivity contribution in [2.45, 2.75) is 103 Å². The molecular formula is C16H34NaO. The molecule has 0 aromatic carbocycles. The second-order valence-corrected chi connectivity index (χ2v) is 5.41. The summed E-state index contributed by atoms with van der Waals surface area (Å²) >= 11 is 0. The SMILES string of the molecule is CCCCCCCCCC(O)CCCCCC.[Na]. The Labute approximate surface area is 137 Å². The smallest absolute Gasteiger partial charge is 0.0540 e. The Balaban J connectivity index is 0. The largest absolute Gasteiger partial charge is 0.393 e. The van der Waals surface area contributed by atoms with Crippen LogP contribution >= 0.6 is 0 Å². The first-order chi connectivity index (χ1) is 8.31. The van der Waals surface area contributed by atoms with Crippen LogP contribution in [0.5, 0.6) is 0 Å². The first kappa shape index (κ1) is 21.3. The molecule has 0 aliphatic heterocycles. The summed E-state index contributed by atoms with van der Waals surface area (Å²) in [5.74, 6) is 0. The molecule has 0 aliphatic rings.